The van der Waals surface area contributed by atoms with Crippen molar-refractivity contribution in [3.63, 3.8) is 0 Å². The third kappa shape index (κ3) is 5.84. The largest absolute Gasteiger partial charge is 0.312 e. The van der Waals surface area contributed by atoms with Crippen LogP contribution in [0.2, 0.25) is 0 Å². The van der Waals surface area contributed by atoms with Crippen molar-refractivity contribution in [3.05, 3.63) is 17.5 Å². The van der Waals surface area contributed by atoms with Gasteiger partial charge in [0.05, 0.1) is 11.4 Å². The van der Waals surface area contributed by atoms with Gasteiger partial charge < -0.3 is 10.6 Å². The number of hydrogen-bond acceptors (Lipinski definition) is 3. The van der Waals surface area contributed by atoms with Crippen LogP contribution in [0.1, 0.15) is 38.6 Å². The van der Waals surface area contributed by atoms with Gasteiger partial charge in [-0.25, -0.2) is 0 Å². The molecule has 17 heavy (non-hydrogen) atoms. The first kappa shape index (κ1) is 14.2. The summed E-state index contributed by atoms with van der Waals surface area (Å²) in [6.07, 6.45) is 1.15. The maximum absolute atomic E-state index is 4.32. The van der Waals surface area contributed by atoms with Crippen LogP contribution < -0.4 is 10.6 Å². The number of nitrogens with one attached hydrogen (secondary N) is 2. The molecule has 0 unspecified atom stereocenters. The Bertz CT molecular complexity index is 336. The summed E-state index contributed by atoms with van der Waals surface area (Å²) in [5, 5.41) is 11.2. The van der Waals surface area contributed by atoms with Gasteiger partial charge in [0.25, 0.3) is 0 Å². The molecular formula is C13H26N4. The van der Waals surface area contributed by atoms with Crippen LogP contribution in [0.25, 0.3) is 0 Å². The minimum absolute atomic E-state index is 0.221. The molecule has 4 nitrogen and oxygen atoms in total. The molecule has 0 aliphatic heterocycles. The van der Waals surface area contributed by atoms with Gasteiger partial charge in [0, 0.05) is 19.1 Å². The van der Waals surface area contributed by atoms with E-state index in [1.807, 2.05) is 18.7 Å². The van der Waals surface area contributed by atoms with Crippen LogP contribution in [-0.4, -0.2) is 28.4 Å². The highest BCUT2D eigenvalue weighted by Crippen LogP contribution is 2.01. The Balaban J connectivity index is 2.11. The zero-order chi connectivity index (χ0) is 12.9. The van der Waals surface area contributed by atoms with Gasteiger partial charge in [0.15, 0.2) is 0 Å². The maximum Gasteiger partial charge on any atom is 0.0597 e. The molecule has 0 bridgehead atoms. The third-order valence-electron chi connectivity index (χ3n) is 2.59. The highest BCUT2D eigenvalue weighted by molar-refractivity contribution is 5.08. The quantitative estimate of drug-likeness (QED) is 0.740. The van der Waals surface area contributed by atoms with Crippen molar-refractivity contribution in [1.82, 2.24) is 20.4 Å². The Morgan fingerprint density at radius 3 is 2.53 bits per heavy atom. The summed E-state index contributed by atoms with van der Waals surface area (Å²) in [6, 6.07) is 2.13. The van der Waals surface area contributed by atoms with Crippen molar-refractivity contribution in [2.45, 2.75) is 46.2 Å². The zero-order valence-corrected chi connectivity index (χ0v) is 11.8. The molecule has 98 valence electrons. The van der Waals surface area contributed by atoms with Crippen LogP contribution in [-0.2, 0) is 13.6 Å². The Morgan fingerprint density at radius 1 is 1.29 bits per heavy atom. The molecule has 0 spiro atoms. The smallest absolute Gasteiger partial charge is 0.0597 e. The topological polar surface area (TPSA) is 41.9 Å². The molecule has 1 aromatic rings. The SMILES string of the molecule is Cc1cc(CNCCCNC(C)(C)C)n(C)n1. The molecule has 0 atom stereocenters. The first-order chi connectivity index (χ1) is 7.88. The normalized spacial score (nSPS) is 12.1. The first-order valence-corrected chi connectivity index (χ1v) is 6.34. The van der Waals surface area contributed by atoms with E-state index in [9.17, 15) is 0 Å². The monoisotopic (exact) mass is 238 g/mol. The first-order valence-electron chi connectivity index (χ1n) is 6.34. The molecule has 0 fully saturated rings. The number of aromatic nitrogens is 2. The molecule has 2 N–H and O–H groups in total. The fraction of sp³-hybridized carbons (Fsp3) is 0.769. The Labute approximate surface area is 105 Å². The van der Waals surface area contributed by atoms with Gasteiger partial charge >= 0.3 is 0 Å². The summed E-state index contributed by atoms with van der Waals surface area (Å²) in [7, 11) is 1.99. The number of nitrogens with zero attached hydrogens (tertiary/aromatic N) is 2. The average Bonchev–Trinajstić information content (AvgIpc) is 2.49. The predicted octanol–water partition coefficient (Wildman–Crippen LogP) is 1.60. The van der Waals surface area contributed by atoms with Gasteiger partial charge in [0.1, 0.15) is 0 Å². The van der Waals surface area contributed by atoms with Crippen molar-refractivity contribution in [1.29, 1.82) is 0 Å². The van der Waals surface area contributed by atoms with E-state index in [-0.39, 0.29) is 5.54 Å². The lowest BCUT2D eigenvalue weighted by Crippen LogP contribution is -2.37. The fourth-order valence-electron chi connectivity index (χ4n) is 1.72. The van der Waals surface area contributed by atoms with Crippen molar-refractivity contribution < 1.29 is 0 Å². The molecule has 1 rings (SSSR count). The highest BCUT2D eigenvalue weighted by atomic mass is 15.3. The zero-order valence-electron chi connectivity index (χ0n) is 11.8. The molecular weight excluding hydrogens is 212 g/mol. The van der Waals surface area contributed by atoms with Gasteiger partial charge in [-0.05, 0) is 53.3 Å². The molecule has 0 saturated heterocycles. The lowest BCUT2D eigenvalue weighted by Gasteiger charge is -2.20. The predicted molar refractivity (Wildman–Crippen MR) is 72.0 cm³/mol. The van der Waals surface area contributed by atoms with Gasteiger partial charge in [-0.2, -0.15) is 5.10 Å². The molecule has 0 amide bonds. The molecule has 1 heterocycles. The van der Waals surface area contributed by atoms with E-state index in [2.05, 4.69) is 42.6 Å². The van der Waals surface area contributed by atoms with Crippen molar-refractivity contribution in [3.8, 4) is 0 Å². The lowest BCUT2D eigenvalue weighted by atomic mass is 10.1. The molecule has 1 aromatic heterocycles. The summed E-state index contributed by atoms with van der Waals surface area (Å²) < 4.78 is 1.94. The average molecular weight is 238 g/mol. The molecule has 4 heteroatoms. The molecule has 0 aromatic carbocycles. The fourth-order valence-corrected chi connectivity index (χ4v) is 1.72. The molecule has 0 radical (unpaired) electrons. The van der Waals surface area contributed by atoms with Crippen LogP contribution in [0.4, 0.5) is 0 Å². The second kappa shape index (κ2) is 6.17. The number of rotatable bonds is 6. The summed E-state index contributed by atoms with van der Waals surface area (Å²) in [5.74, 6) is 0. The van der Waals surface area contributed by atoms with Crippen LogP contribution in [0.5, 0.6) is 0 Å². The van der Waals surface area contributed by atoms with Gasteiger partial charge in [-0.3, -0.25) is 4.68 Å². The van der Waals surface area contributed by atoms with E-state index < -0.39 is 0 Å². The van der Waals surface area contributed by atoms with Crippen molar-refractivity contribution in [2.75, 3.05) is 13.1 Å². The molecule has 0 aliphatic carbocycles. The van der Waals surface area contributed by atoms with Crippen molar-refractivity contribution >= 4 is 0 Å². The summed E-state index contributed by atoms with van der Waals surface area (Å²) in [6.45, 7) is 11.6. The highest BCUT2D eigenvalue weighted by Gasteiger charge is 2.07. The standard InChI is InChI=1S/C13H26N4/c1-11-9-12(17(5)16-11)10-14-7-6-8-15-13(2,3)4/h9,14-15H,6-8,10H2,1-5H3. The second-order valence-corrected chi connectivity index (χ2v) is 5.61. The van der Waals surface area contributed by atoms with Crippen LogP contribution in [0.3, 0.4) is 0 Å². The van der Waals surface area contributed by atoms with Crippen molar-refractivity contribution in [2.24, 2.45) is 7.05 Å². The lowest BCUT2D eigenvalue weighted by molar-refractivity contribution is 0.418. The van der Waals surface area contributed by atoms with Crippen LogP contribution >= 0.6 is 0 Å². The van der Waals surface area contributed by atoms with E-state index in [1.54, 1.807) is 0 Å². The van der Waals surface area contributed by atoms with Gasteiger partial charge in [-0.15, -0.1) is 0 Å². The van der Waals surface area contributed by atoms with Crippen LogP contribution in [0.15, 0.2) is 6.07 Å². The number of aryl methyl sites for hydroxylation is 2. The Kier molecular flexibility index (Phi) is 5.15. The Morgan fingerprint density at radius 2 is 2.00 bits per heavy atom. The number of hydrogen-bond donors (Lipinski definition) is 2. The van der Waals surface area contributed by atoms with Gasteiger partial charge in [0.2, 0.25) is 0 Å². The van der Waals surface area contributed by atoms with E-state index in [0.29, 0.717) is 0 Å². The summed E-state index contributed by atoms with van der Waals surface area (Å²) in [5.41, 5.74) is 2.55. The van der Waals surface area contributed by atoms with E-state index in [0.717, 1.165) is 31.7 Å². The minimum atomic E-state index is 0.221. The molecule has 0 saturated carbocycles. The van der Waals surface area contributed by atoms with Gasteiger partial charge in [-0.1, -0.05) is 0 Å². The maximum atomic E-state index is 4.32. The second-order valence-electron chi connectivity index (χ2n) is 5.61. The third-order valence-corrected chi connectivity index (χ3v) is 2.59. The summed E-state index contributed by atoms with van der Waals surface area (Å²) >= 11 is 0. The van der Waals surface area contributed by atoms with Crippen LogP contribution in [0, 0.1) is 6.92 Å². The minimum Gasteiger partial charge on any atom is -0.312 e. The summed E-state index contributed by atoms with van der Waals surface area (Å²) in [4.78, 5) is 0. The van der Waals surface area contributed by atoms with E-state index in [4.69, 9.17) is 0 Å². The van der Waals surface area contributed by atoms with E-state index in [1.165, 1.54) is 5.69 Å². The molecule has 0 aliphatic rings. The van der Waals surface area contributed by atoms with E-state index >= 15 is 0 Å². The Hall–Kier alpha value is -0.870.